The van der Waals surface area contributed by atoms with Crippen LogP contribution in [0.25, 0.3) is 67.0 Å². The molecule has 0 amide bonds. The molecule has 0 atom stereocenters. The number of hydrogen-bond acceptors (Lipinski definition) is 4. The summed E-state index contributed by atoms with van der Waals surface area (Å²) in [7, 11) is 0. The molecule has 4 nitrogen and oxygen atoms in total. The number of rotatable bonds is 4. The van der Waals surface area contributed by atoms with Gasteiger partial charge in [0.2, 0.25) is 0 Å². The average Bonchev–Trinajstić information content (AvgIpc) is 3.37. The monoisotopic (exact) mass is 475 g/mol. The SMILES string of the molecule is c1ccc(-c2cc(-c3cccc4c3oc3ccccc34)nc(-c3cccc(-c4ccncc4)c3)n2)cc1. The second-order valence-corrected chi connectivity index (χ2v) is 8.93. The predicted molar refractivity (Wildman–Crippen MR) is 149 cm³/mol. The van der Waals surface area contributed by atoms with Crippen molar-refractivity contribution in [3.05, 3.63) is 128 Å². The Bertz CT molecular complexity index is 1880. The Morgan fingerprint density at radius 2 is 1.19 bits per heavy atom. The standard InChI is InChI=1S/C33H21N3O/c1-2-8-23(9-3-1)29-21-30(28-14-7-13-27-26-12-4-5-15-31(26)37-32(27)28)36-33(35-29)25-11-6-10-24(20-25)22-16-18-34-19-17-22/h1-21H. The average molecular weight is 476 g/mol. The Morgan fingerprint density at radius 1 is 0.486 bits per heavy atom. The maximum Gasteiger partial charge on any atom is 0.160 e. The number of para-hydroxylation sites is 2. The number of furan rings is 1. The molecule has 0 aliphatic heterocycles. The number of hydrogen-bond donors (Lipinski definition) is 0. The van der Waals surface area contributed by atoms with E-state index < -0.39 is 0 Å². The van der Waals surface area contributed by atoms with Crippen LogP contribution >= 0.6 is 0 Å². The van der Waals surface area contributed by atoms with Crippen LogP contribution in [0.1, 0.15) is 0 Å². The maximum absolute atomic E-state index is 6.34. The maximum atomic E-state index is 6.34. The molecule has 0 saturated carbocycles. The van der Waals surface area contributed by atoms with Gasteiger partial charge in [0, 0.05) is 39.9 Å². The molecule has 7 rings (SSSR count). The molecule has 0 saturated heterocycles. The van der Waals surface area contributed by atoms with Crippen molar-refractivity contribution in [1.82, 2.24) is 15.0 Å². The first-order valence-corrected chi connectivity index (χ1v) is 12.2. The van der Waals surface area contributed by atoms with E-state index in [0.717, 1.165) is 61.1 Å². The molecule has 0 spiro atoms. The first-order valence-electron chi connectivity index (χ1n) is 12.2. The Kier molecular flexibility index (Phi) is 5.07. The number of fused-ring (bicyclic) bond motifs is 3. The zero-order valence-corrected chi connectivity index (χ0v) is 19.9. The molecule has 0 N–H and O–H groups in total. The highest BCUT2D eigenvalue weighted by Gasteiger charge is 2.16. The summed E-state index contributed by atoms with van der Waals surface area (Å²) in [5.41, 5.74) is 8.51. The van der Waals surface area contributed by atoms with Crippen molar-refractivity contribution in [3.63, 3.8) is 0 Å². The van der Waals surface area contributed by atoms with Gasteiger partial charge < -0.3 is 4.42 Å². The third kappa shape index (κ3) is 3.85. The summed E-state index contributed by atoms with van der Waals surface area (Å²) in [6, 6.07) is 39.0. The van der Waals surface area contributed by atoms with Crippen LogP contribution in [0.5, 0.6) is 0 Å². The van der Waals surface area contributed by atoms with Crippen LogP contribution in [0, 0.1) is 0 Å². The Morgan fingerprint density at radius 3 is 2.08 bits per heavy atom. The van der Waals surface area contributed by atoms with Crippen LogP contribution in [-0.2, 0) is 0 Å². The summed E-state index contributed by atoms with van der Waals surface area (Å²) < 4.78 is 6.34. The third-order valence-electron chi connectivity index (χ3n) is 6.61. The van der Waals surface area contributed by atoms with Gasteiger partial charge in [-0.25, -0.2) is 9.97 Å². The van der Waals surface area contributed by atoms with Crippen LogP contribution in [0.3, 0.4) is 0 Å². The smallest absolute Gasteiger partial charge is 0.160 e. The van der Waals surface area contributed by atoms with E-state index in [2.05, 4.69) is 59.6 Å². The molecule has 3 aromatic heterocycles. The summed E-state index contributed by atoms with van der Waals surface area (Å²) in [6.45, 7) is 0. The van der Waals surface area contributed by atoms with E-state index in [1.54, 1.807) is 12.4 Å². The van der Waals surface area contributed by atoms with E-state index in [-0.39, 0.29) is 0 Å². The van der Waals surface area contributed by atoms with Crippen LogP contribution in [0.15, 0.2) is 132 Å². The summed E-state index contributed by atoms with van der Waals surface area (Å²) in [6.07, 6.45) is 3.61. The van der Waals surface area contributed by atoms with Crippen molar-refractivity contribution in [2.75, 3.05) is 0 Å². The van der Waals surface area contributed by atoms with Crippen LogP contribution in [-0.4, -0.2) is 15.0 Å². The quantitative estimate of drug-likeness (QED) is 0.256. The summed E-state index contributed by atoms with van der Waals surface area (Å²) in [5, 5.41) is 2.18. The number of pyridine rings is 1. The van der Waals surface area contributed by atoms with Crippen LogP contribution < -0.4 is 0 Å². The lowest BCUT2D eigenvalue weighted by Gasteiger charge is -2.11. The van der Waals surface area contributed by atoms with E-state index in [4.69, 9.17) is 14.4 Å². The normalized spacial score (nSPS) is 11.2. The van der Waals surface area contributed by atoms with Crippen molar-refractivity contribution >= 4 is 21.9 Å². The molecule has 37 heavy (non-hydrogen) atoms. The molecule has 174 valence electrons. The lowest BCUT2D eigenvalue weighted by Crippen LogP contribution is -1.96. The molecule has 0 aliphatic rings. The molecular weight excluding hydrogens is 454 g/mol. The first-order chi connectivity index (χ1) is 18.3. The lowest BCUT2D eigenvalue weighted by atomic mass is 10.0. The molecule has 0 unspecified atom stereocenters. The van der Waals surface area contributed by atoms with Gasteiger partial charge >= 0.3 is 0 Å². The van der Waals surface area contributed by atoms with Gasteiger partial charge in [-0.05, 0) is 47.5 Å². The van der Waals surface area contributed by atoms with Gasteiger partial charge in [-0.15, -0.1) is 0 Å². The topological polar surface area (TPSA) is 51.8 Å². The molecule has 3 heterocycles. The molecule has 4 heteroatoms. The van der Waals surface area contributed by atoms with Crippen molar-refractivity contribution < 1.29 is 4.42 Å². The second kappa shape index (κ2) is 8.85. The minimum atomic E-state index is 0.667. The summed E-state index contributed by atoms with van der Waals surface area (Å²) >= 11 is 0. The Labute approximate surface area is 213 Å². The zero-order valence-electron chi connectivity index (χ0n) is 19.9. The minimum Gasteiger partial charge on any atom is -0.455 e. The zero-order chi connectivity index (χ0) is 24.6. The van der Waals surface area contributed by atoms with E-state index in [1.807, 2.05) is 60.7 Å². The van der Waals surface area contributed by atoms with E-state index in [9.17, 15) is 0 Å². The van der Waals surface area contributed by atoms with Crippen molar-refractivity contribution in [1.29, 1.82) is 0 Å². The molecule has 0 aliphatic carbocycles. The highest BCUT2D eigenvalue weighted by molar-refractivity contribution is 6.09. The number of nitrogens with zero attached hydrogens (tertiary/aromatic N) is 3. The fourth-order valence-corrected chi connectivity index (χ4v) is 4.80. The van der Waals surface area contributed by atoms with Crippen LogP contribution in [0.4, 0.5) is 0 Å². The van der Waals surface area contributed by atoms with Gasteiger partial charge in [0.15, 0.2) is 5.82 Å². The Hall–Kier alpha value is -5.09. The van der Waals surface area contributed by atoms with Crippen molar-refractivity contribution in [2.24, 2.45) is 0 Å². The van der Waals surface area contributed by atoms with Crippen molar-refractivity contribution in [2.45, 2.75) is 0 Å². The summed E-state index contributed by atoms with van der Waals surface area (Å²) in [4.78, 5) is 14.2. The largest absolute Gasteiger partial charge is 0.455 e. The van der Waals surface area contributed by atoms with Crippen molar-refractivity contribution in [3.8, 4) is 45.0 Å². The predicted octanol–water partition coefficient (Wildman–Crippen LogP) is 8.44. The highest BCUT2D eigenvalue weighted by Crippen LogP contribution is 2.37. The molecule has 7 aromatic rings. The molecular formula is C33H21N3O. The van der Waals surface area contributed by atoms with Gasteiger partial charge in [0.1, 0.15) is 11.2 Å². The second-order valence-electron chi connectivity index (χ2n) is 8.93. The Balaban J connectivity index is 1.45. The van der Waals surface area contributed by atoms with Gasteiger partial charge in [0.25, 0.3) is 0 Å². The van der Waals surface area contributed by atoms with Crippen LogP contribution in [0.2, 0.25) is 0 Å². The third-order valence-corrected chi connectivity index (χ3v) is 6.61. The lowest BCUT2D eigenvalue weighted by molar-refractivity contribution is 0.670. The highest BCUT2D eigenvalue weighted by atomic mass is 16.3. The van der Waals surface area contributed by atoms with E-state index in [1.165, 1.54) is 0 Å². The fraction of sp³-hybridized carbons (Fsp3) is 0. The van der Waals surface area contributed by atoms with Gasteiger partial charge in [-0.2, -0.15) is 0 Å². The van der Waals surface area contributed by atoms with Gasteiger partial charge in [-0.3, -0.25) is 4.98 Å². The summed E-state index contributed by atoms with van der Waals surface area (Å²) in [5.74, 6) is 0.667. The number of benzene rings is 4. The molecule has 4 aromatic carbocycles. The first kappa shape index (κ1) is 21.2. The van der Waals surface area contributed by atoms with Gasteiger partial charge in [0.05, 0.1) is 11.4 Å². The fourth-order valence-electron chi connectivity index (χ4n) is 4.80. The molecule has 0 radical (unpaired) electrons. The molecule has 0 bridgehead atoms. The number of aromatic nitrogens is 3. The van der Waals surface area contributed by atoms with Gasteiger partial charge in [-0.1, -0.05) is 78.9 Å². The minimum absolute atomic E-state index is 0.667. The van der Waals surface area contributed by atoms with E-state index >= 15 is 0 Å². The molecule has 0 fully saturated rings. The van der Waals surface area contributed by atoms with E-state index in [0.29, 0.717) is 5.82 Å².